The summed E-state index contributed by atoms with van der Waals surface area (Å²) in [5.74, 6) is -3.27. The van der Waals surface area contributed by atoms with Gasteiger partial charge in [-0.05, 0) is 24.1 Å². The maximum Gasteiger partial charge on any atom is 0.353 e. The quantitative estimate of drug-likeness (QED) is 0.595. The number of amides is 5. The summed E-state index contributed by atoms with van der Waals surface area (Å²) in [5, 5.41) is 2.99. The normalized spacial score (nSPS) is 20.4. The van der Waals surface area contributed by atoms with Gasteiger partial charge in [-0.2, -0.15) is 0 Å². The standard InChI is InChI=1S/C21H17N3O6/c1-2-21(13-8-4-3-5-9-13)19(28)23(20(29)22-21)12-16(25)30-24-17(26)14-10-6-7-11-15(14)18(24)27/h3-11H,2,12H2,1H3,(H,22,29). The van der Waals surface area contributed by atoms with E-state index in [1.807, 2.05) is 0 Å². The fourth-order valence-corrected chi connectivity index (χ4v) is 3.64. The Morgan fingerprint density at radius 1 is 0.933 bits per heavy atom. The van der Waals surface area contributed by atoms with E-state index in [-0.39, 0.29) is 17.5 Å². The van der Waals surface area contributed by atoms with Crippen LogP contribution in [0.3, 0.4) is 0 Å². The van der Waals surface area contributed by atoms with Crippen LogP contribution in [0.15, 0.2) is 54.6 Å². The molecule has 4 rings (SSSR count). The average Bonchev–Trinajstić information content (AvgIpc) is 3.15. The summed E-state index contributed by atoms with van der Waals surface area (Å²) in [7, 11) is 0. The highest BCUT2D eigenvalue weighted by Gasteiger charge is 2.52. The molecular formula is C21H17N3O6. The van der Waals surface area contributed by atoms with Crippen molar-refractivity contribution in [2.45, 2.75) is 18.9 Å². The Labute approximate surface area is 171 Å². The summed E-state index contributed by atoms with van der Waals surface area (Å²) < 4.78 is 0. The monoisotopic (exact) mass is 407 g/mol. The van der Waals surface area contributed by atoms with Crippen molar-refractivity contribution in [2.24, 2.45) is 0 Å². The molecule has 0 bridgehead atoms. The first-order valence-electron chi connectivity index (χ1n) is 9.27. The van der Waals surface area contributed by atoms with Gasteiger partial charge in [0.05, 0.1) is 11.1 Å². The van der Waals surface area contributed by atoms with Crippen LogP contribution in [0.4, 0.5) is 4.79 Å². The van der Waals surface area contributed by atoms with E-state index >= 15 is 0 Å². The molecule has 0 radical (unpaired) electrons. The third kappa shape index (κ3) is 2.83. The molecule has 0 aromatic heterocycles. The predicted molar refractivity (Wildman–Crippen MR) is 102 cm³/mol. The van der Waals surface area contributed by atoms with E-state index < -0.39 is 41.8 Å². The van der Waals surface area contributed by atoms with E-state index in [0.29, 0.717) is 10.6 Å². The summed E-state index contributed by atoms with van der Waals surface area (Å²) >= 11 is 0. The maximum atomic E-state index is 13.0. The second-order valence-corrected chi connectivity index (χ2v) is 6.86. The number of hydrogen-bond acceptors (Lipinski definition) is 6. The van der Waals surface area contributed by atoms with Gasteiger partial charge in [-0.25, -0.2) is 9.59 Å². The molecule has 30 heavy (non-hydrogen) atoms. The number of hydrogen-bond donors (Lipinski definition) is 1. The fraction of sp³-hybridized carbons (Fsp3) is 0.190. The van der Waals surface area contributed by atoms with Crippen molar-refractivity contribution in [3.63, 3.8) is 0 Å². The Hall–Kier alpha value is -4.01. The Balaban J connectivity index is 1.50. The number of rotatable bonds is 5. The van der Waals surface area contributed by atoms with E-state index in [2.05, 4.69) is 5.32 Å². The molecule has 0 aliphatic carbocycles. The van der Waals surface area contributed by atoms with Crippen LogP contribution in [0.25, 0.3) is 0 Å². The molecule has 9 heteroatoms. The van der Waals surface area contributed by atoms with Crippen LogP contribution in [-0.4, -0.2) is 46.2 Å². The molecule has 1 fully saturated rings. The fourth-order valence-electron chi connectivity index (χ4n) is 3.64. The molecule has 1 atom stereocenters. The number of carbonyl (C=O) groups is 5. The maximum absolute atomic E-state index is 13.0. The average molecular weight is 407 g/mol. The van der Waals surface area contributed by atoms with E-state index in [4.69, 9.17) is 4.84 Å². The van der Waals surface area contributed by atoms with Crippen LogP contribution in [0.5, 0.6) is 0 Å². The van der Waals surface area contributed by atoms with Crippen molar-refractivity contribution in [1.82, 2.24) is 15.3 Å². The topological polar surface area (TPSA) is 113 Å². The molecule has 2 aromatic rings. The van der Waals surface area contributed by atoms with Gasteiger partial charge in [-0.15, -0.1) is 0 Å². The first-order chi connectivity index (χ1) is 14.4. The lowest BCUT2D eigenvalue weighted by Crippen LogP contribution is -2.44. The van der Waals surface area contributed by atoms with Crippen LogP contribution >= 0.6 is 0 Å². The Morgan fingerprint density at radius 2 is 1.50 bits per heavy atom. The molecule has 2 heterocycles. The summed E-state index contributed by atoms with van der Waals surface area (Å²) in [6, 6.07) is 14.0. The number of nitrogens with one attached hydrogen (secondary N) is 1. The highest BCUT2D eigenvalue weighted by molar-refractivity contribution is 6.21. The lowest BCUT2D eigenvalue weighted by molar-refractivity contribution is -0.170. The Bertz CT molecular complexity index is 1050. The molecular weight excluding hydrogens is 390 g/mol. The van der Waals surface area contributed by atoms with Crippen molar-refractivity contribution in [3.05, 3.63) is 71.3 Å². The third-order valence-electron chi connectivity index (χ3n) is 5.21. The SMILES string of the molecule is CCC1(c2ccccc2)NC(=O)N(CC(=O)ON2C(=O)c3ccccc3C2=O)C1=O. The zero-order chi connectivity index (χ0) is 21.5. The van der Waals surface area contributed by atoms with Crippen molar-refractivity contribution in [1.29, 1.82) is 0 Å². The third-order valence-corrected chi connectivity index (χ3v) is 5.21. The van der Waals surface area contributed by atoms with Crippen LogP contribution in [-0.2, 0) is 20.0 Å². The van der Waals surface area contributed by atoms with E-state index in [9.17, 15) is 24.0 Å². The van der Waals surface area contributed by atoms with Crippen molar-refractivity contribution in [3.8, 4) is 0 Å². The molecule has 2 aliphatic heterocycles. The first kappa shape index (κ1) is 19.3. The lowest BCUT2D eigenvalue weighted by atomic mass is 9.87. The van der Waals surface area contributed by atoms with Gasteiger partial charge in [0.15, 0.2) is 0 Å². The van der Waals surface area contributed by atoms with E-state index in [1.165, 1.54) is 12.1 Å². The van der Waals surface area contributed by atoms with E-state index in [0.717, 1.165) is 4.90 Å². The second kappa shape index (κ2) is 7.11. The lowest BCUT2D eigenvalue weighted by Gasteiger charge is -2.25. The number of imide groups is 2. The van der Waals surface area contributed by atoms with Crippen LogP contribution in [0.1, 0.15) is 39.6 Å². The molecule has 5 amide bonds. The number of hydroxylamine groups is 2. The second-order valence-electron chi connectivity index (χ2n) is 6.86. The largest absolute Gasteiger partial charge is 0.353 e. The van der Waals surface area contributed by atoms with Gasteiger partial charge in [0, 0.05) is 0 Å². The number of carbonyl (C=O) groups excluding carboxylic acids is 5. The molecule has 0 spiro atoms. The van der Waals surface area contributed by atoms with Gasteiger partial charge in [-0.1, -0.05) is 54.5 Å². The van der Waals surface area contributed by atoms with Crippen molar-refractivity contribution < 1.29 is 28.8 Å². The highest BCUT2D eigenvalue weighted by atomic mass is 16.7. The summed E-state index contributed by atoms with van der Waals surface area (Å²) in [6.07, 6.45) is 0.269. The molecule has 1 N–H and O–H groups in total. The Morgan fingerprint density at radius 3 is 2.07 bits per heavy atom. The first-order valence-corrected chi connectivity index (χ1v) is 9.27. The molecule has 0 saturated carbocycles. The molecule has 2 aliphatic rings. The van der Waals surface area contributed by atoms with Gasteiger partial charge in [-0.3, -0.25) is 19.3 Å². The van der Waals surface area contributed by atoms with Crippen LogP contribution < -0.4 is 5.32 Å². The van der Waals surface area contributed by atoms with Gasteiger partial charge < -0.3 is 10.2 Å². The molecule has 152 valence electrons. The zero-order valence-electron chi connectivity index (χ0n) is 16.0. The van der Waals surface area contributed by atoms with Crippen LogP contribution in [0.2, 0.25) is 0 Å². The molecule has 9 nitrogen and oxygen atoms in total. The van der Waals surface area contributed by atoms with Crippen molar-refractivity contribution >= 4 is 29.7 Å². The van der Waals surface area contributed by atoms with Crippen LogP contribution in [0, 0.1) is 0 Å². The summed E-state index contributed by atoms with van der Waals surface area (Å²) in [6.45, 7) is 0.998. The van der Waals surface area contributed by atoms with Gasteiger partial charge in [0.25, 0.3) is 17.7 Å². The molecule has 1 unspecified atom stereocenters. The highest BCUT2D eigenvalue weighted by Crippen LogP contribution is 2.32. The molecule has 1 saturated heterocycles. The summed E-state index contributed by atoms with van der Waals surface area (Å²) in [5.41, 5.74) is -0.491. The predicted octanol–water partition coefficient (Wildman–Crippen LogP) is 1.60. The Kier molecular flexibility index (Phi) is 4.57. The minimum absolute atomic E-state index is 0.111. The number of nitrogens with zero attached hydrogens (tertiary/aromatic N) is 2. The van der Waals surface area contributed by atoms with Gasteiger partial charge in [0.2, 0.25) is 0 Å². The number of benzene rings is 2. The minimum Gasteiger partial charge on any atom is -0.328 e. The summed E-state index contributed by atoms with van der Waals surface area (Å²) in [4.78, 5) is 68.1. The number of fused-ring (bicyclic) bond motifs is 1. The smallest absolute Gasteiger partial charge is 0.328 e. The number of urea groups is 1. The zero-order valence-corrected chi connectivity index (χ0v) is 16.0. The molecule has 2 aromatic carbocycles. The van der Waals surface area contributed by atoms with E-state index in [1.54, 1.807) is 49.4 Å². The van der Waals surface area contributed by atoms with Gasteiger partial charge >= 0.3 is 12.0 Å². The van der Waals surface area contributed by atoms with Gasteiger partial charge in [0.1, 0.15) is 12.1 Å². The van der Waals surface area contributed by atoms with Crippen molar-refractivity contribution in [2.75, 3.05) is 6.54 Å². The minimum atomic E-state index is -1.30.